The molecule has 4 rings (SSSR count). The Balaban J connectivity index is 1.69. The number of nitrogens with one attached hydrogen (secondary N) is 3. The number of methoxy groups -OCH3 is 2. The highest BCUT2D eigenvalue weighted by atomic mass is 32.2. The molecule has 0 fully saturated rings. The van der Waals surface area contributed by atoms with E-state index in [1.165, 1.54) is 26.4 Å². The third kappa shape index (κ3) is 6.37. The van der Waals surface area contributed by atoms with E-state index in [0.717, 1.165) is 0 Å². The zero-order valence-electron chi connectivity index (χ0n) is 20.9. The zero-order chi connectivity index (χ0) is 27.1. The van der Waals surface area contributed by atoms with Crippen molar-refractivity contribution in [2.24, 2.45) is 0 Å². The number of carbonyl (C=O) groups is 1. The highest BCUT2D eigenvalue weighted by Gasteiger charge is 2.20. The molecule has 0 atom stereocenters. The molecule has 3 aromatic carbocycles. The lowest BCUT2D eigenvalue weighted by atomic mass is 10.2. The second-order valence-corrected chi connectivity index (χ2v) is 9.83. The summed E-state index contributed by atoms with van der Waals surface area (Å²) in [6.07, 6.45) is 2.40. The zero-order valence-corrected chi connectivity index (χ0v) is 21.7. The average Bonchev–Trinajstić information content (AvgIpc) is 2.92. The number of allylic oxidation sites excluding steroid dienone is 1. The Morgan fingerprint density at radius 1 is 0.895 bits per heavy atom. The van der Waals surface area contributed by atoms with E-state index in [1.54, 1.807) is 54.6 Å². The third-order valence-electron chi connectivity index (χ3n) is 5.42. The Morgan fingerprint density at radius 2 is 1.55 bits per heavy atom. The molecule has 10 nitrogen and oxygen atoms in total. The summed E-state index contributed by atoms with van der Waals surface area (Å²) in [5.74, 6) is 1.000. The molecule has 1 heterocycles. The number of sulfonamides is 1. The lowest BCUT2D eigenvalue weighted by Gasteiger charge is -2.15. The minimum atomic E-state index is -4.11. The standard InChI is InChI=1S/C27H27N5O5S/c1-4-5-13-25(33)28-18-9-8-10-22(16-18)38(34,35)32-27-26(30-23-11-6-7-12-24(23)31-27)29-19-14-20(36-2)17-21(15-19)37-3/h4,6-12,14-17H,1,5,13H2,2-3H3,(H,28,33)(H,29,30)(H,31,32). The number of carbonyl (C=O) groups excluding carboxylic acids is 1. The monoisotopic (exact) mass is 533 g/mol. The summed E-state index contributed by atoms with van der Waals surface area (Å²) in [6, 6.07) is 18.2. The van der Waals surface area contributed by atoms with E-state index in [-0.39, 0.29) is 28.9 Å². The number of rotatable bonds is 11. The fourth-order valence-corrected chi connectivity index (χ4v) is 4.61. The van der Waals surface area contributed by atoms with Crippen LogP contribution in [0.2, 0.25) is 0 Å². The van der Waals surface area contributed by atoms with Crippen LogP contribution in [-0.2, 0) is 14.8 Å². The van der Waals surface area contributed by atoms with Crippen LogP contribution in [0.15, 0.2) is 84.3 Å². The maximum Gasteiger partial charge on any atom is 0.263 e. The van der Waals surface area contributed by atoms with Gasteiger partial charge < -0.3 is 20.1 Å². The second kappa shape index (κ2) is 11.6. The number of aromatic nitrogens is 2. The number of hydrogen-bond acceptors (Lipinski definition) is 8. The van der Waals surface area contributed by atoms with Gasteiger partial charge in [-0.3, -0.25) is 9.52 Å². The van der Waals surface area contributed by atoms with Crippen LogP contribution in [0.25, 0.3) is 11.0 Å². The molecule has 0 saturated heterocycles. The van der Waals surface area contributed by atoms with Crippen molar-refractivity contribution in [1.82, 2.24) is 9.97 Å². The molecule has 0 aliphatic rings. The number of anilines is 4. The highest BCUT2D eigenvalue weighted by molar-refractivity contribution is 7.92. The van der Waals surface area contributed by atoms with Crippen LogP contribution in [0.4, 0.5) is 23.0 Å². The Bertz CT molecular complexity index is 1570. The minimum Gasteiger partial charge on any atom is -0.497 e. The summed E-state index contributed by atoms with van der Waals surface area (Å²) >= 11 is 0. The van der Waals surface area contributed by atoms with Gasteiger partial charge in [0, 0.05) is 36.0 Å². The predicted octanol–water partition coefficient (Wildman–Crippen LogP) is 5.10. The summed E-state index contributed by atoms with van der Waals surface area (Å²) in [5, 5.41) is 5.82. The summed E-state index contributed by atoms with van der Waals surface area (Å²) < 4.78 is 40.0. The van der Waals surface area contributed by atoms with Crippen LogP contribution in [0.5, 0.6) is 11.5 Å². The molecule has 1 aromatic heterocycles. The van der Waals surface area contributed by atoms with Gasteiger partial charge in [0.05, 0.1) is 30.1 Å². The number of benzene rings is 3. The summed E-state index contributed by atoms with van der Waals surface area (Å²) in [4.78, 5) is 21.1. The van der Waals surface area contributed by atoms with Crippen LogP contribution < -0.4 is 24.8 Å². The van der Waals surface area contributed by atoms with E-state index >= 15 is 0 Å². The molecule has 1 amide bonds. The number of hydrogen-bond donors (Lipinski definition) is 3. The van der Waals surface area contributed by atoms with E-state index in [1.807, 2.05) is 6.07 Å². The van der Waals surface area contributed by atoms with Crippen molar-refractivity contribution in [3.63, 3.8) is 0 Å². The van der Waals surface area contributed by atoms with Gasteiger partial charge >= 0.3 is 0 Å². The molecule has 0 aliphatic carbocycles. The van der Waals surface area contributed by atoms with Crippen molar-refractivity contribution in [1.29, 1.82) is 0 Å². The fourth-order valence-electron chi connectivity index (χ4n) is 3.56. The van der Waals surface area contributed by atoms with Gasteiger partial charge in [-0.25, -0.2) is 18.4 Å². The minimum absolute atomic E-state index is 0.00842. The molecule has 0 bridgehead atoms. The number of nitrogens with zero attached hydrogens (tertiary/aromatic N) is 2. The smallest absolute Gasteiger partial charge is 0.263 e. The first-order valence-electron chi connectivity index (χ1n) is 11.6. The van der Waals surface area contributed by atoms with E-state index in [9.17, 15) is 13.2 Å². The first-order valence-corrected chi connectivity index (χ1v) is 13.1. The predicted molar refractivity (Wildman–Crippen MR) is 148 cm³/mol. The number of ether oxygens (including phenoxy) is 2. The third-order valence-corrected chi connectivity index (χ3v) is 6.76. The van der Waals surface area contributed by atoms with Crippen molar-refractivity contribution in [3.8, 4) is 11.5 Å². The summed E-state index contributed by atoms with van der Waals surface area (Å²) in [5.41, 5.74) is 1.98. The van der Waals surface area contributed by atoms with Crippen molar-refractivity contribution in [2.75, 3.05) is 29.6 Å². The molecule has 38 heavy (non-hydrogen) atoms. The molecule has 0 aliphatic heterocycles. The average molecular weight is 534 g/mol. The first-order chi connectivity index (χ1) is 18.3. The molecular weight excluding hydrogens is 506 g/mol. The molecule has 0 spiro atoms. The van der Waals surface area contributed by atoms with Crippen LogP contribution in [0.3, 0.4) is 0 Å². The van der Waals surface area contributed by atoms with Crippen LogP contribution >= 0.6 is 0 Å². The molecule has 4 aromatic rings. The van der Waals surface area contributed by atoms with E-state index < -0.39 is 10.0 Å². The maximum absolute atomic E-state index is 13.4. The molecule has 196 valence electrons. The largest absolute Gasteiger partial charge is 0.497 e. The van der Waals surface area contributed by atoms with E-state index in [4.69, 9.17) is 9.47 Å². The van der Waals surface area contributed by atoms with Gasteiger partial charge in [-0.15, -0.1) is 6.58 Å². The molecule has 0 saturated carbocycles. The van der Waals surface area contributed by atoms with Gasteiger partial charge in [-0.1, -0.05) is 24.3 Å². The Morgan fingerprint density at radius 3 is 2.18 bits per heavy atom. The number of amides is 1. The van der Waals surface area contributed by atoms with Crippen molar-refractivity contribution in [2.45, 2.75) is 17.7 Å². The van der Waals surface area contributed by atoms with Crippen LogP contribution in [-0.4, -0.2) is 38.5 Å². The topological polar surface area (TPSA) is 132 Å². The Labute approximate surface area is 220 Å². The van der Waals surface area contributed by atoms with E-state index in [2.05, 4.69) is 31.9 Å². The second-order valence-electron chi connectivity index (χ2n) is 8.14. The van der Waals surface area contributed by atoms with Crippen LogP contribution in [0, 0.1) is 0 Å². The van der Waals surface area contributed by atoms with Gasteiger partial charge in [0.2, 0.25) is 5.91 Å². The maximum atomic E-state index is 13.4. The lowest BCUT2D eigenvalue weighted by molar-refractivity contribution is -0.116. The van der Waals surface area contributed by atoms with Crippen molar-refractivity contribution >= 4 is 50.0 Å². The van der Waals surface area contributed by atoms with Gasteiger partial charge in [-0.05, 0) is 36.8 Å². The lowest BCUT2D eigenvalue weighted by Crippen LogP contribution is -2.17. The molecule has 3 N–H and O–H groups in total. The van der Waals surface area contributed by atoms with E-state index in [0.29, 0.717) is 40.3 Å². The van der Waals surface area contributed by atoms with Crippen molar-refractivity contribution < 1.29 is 22.7 Å². The first kappa shape index (κ1) is 26.4. The quantitative estimate of drug-likeness (QED) is 0.227. The summed E-state index contributed by atoms with van der Waals surface area (Å²) in [7, 11) is -1.04. The fraction of sp³-hybridized carbons (Fsp3) is 0.148. The number of fused-ring (bicyclic) bond motifs is 1. The van der Waals surface area contributed by atoms with Crippen molar-refractivity contribution in [3.05, 3.63) is 79.4 Å². The Hall–Kier alpha value is -4.64. The highest BCUT2D eigenvalue weighted by Crippen LogP contribution is 2.31. The van der Waals surface area contributed by atoms with Gasteiger partial charge in [0.25, 0.3) is 10.0 Å². The normalized spacial score (nSPS) is 11.0. The summed E-state index contributed by atoms with van der Waals surface area (Å²) in [6.45, 7) is 3.60. The Kier molecular flexibility index (Phi) is 8.07. The molecule has 0 radical (unpaired) electrons. The molecule has 11 heteroatoms. The molecular formula is C27H27N5O5S. The van der Waals surface area contributed by atoms with Crippen LogP contribution in [0.1, 0.15) is 12.8 Å². The van der Waals surface area contributed by atoms with Gasteiger partial charge in [0.1, 0.15) is 11.5 Å². The number of para-hydroxylation sites is 2. The van der Waals surface area contributed by atoms with Gasteiger partial charge in [-0.2, -0.15) is 0 Å². The molecule has 0 unspecified atom stereocenters. The SMILES string of the molecule is C=CCCC(=O)Nc1cccc(S(=O)(=O)Nc2nc3ccccc3nc2Nc2cc(OC)cc(OC)c2)c1. The van der Waals surface area contributed by atoms with Gasteiger partial charge in [0.15, 0.2) is 11.6 Å².